The number of amides is 1. The monoisotopic (exact) mass is 270 g/mol. The molecule has 20 heavy (non-hydrogen) atoms. The molecule has 3 N–H and O–H groups in total. The summed E-state index contributed by atoms with van der Waals surface area (Å²) in [6, 6.07) is 8.92. The van der Waals surface area contributed by atoms with Crippen LogP contribution in [0.1, 0.15) is 16.1 Å². The van der Waals surface area contributed by atoms with Gasteiger partial charge in [-0.1, -0.05) is 0 Å². The Balaban J connectivity index is 2.17. The Labute approximate surface area is 118 Å². The summed E-state index contributed by atoms with van der Waals surface area (Å²) in [5, 5.41) is 2.79. The lowest BCUT2D eigenvalue weighted by Gasteiger charge is -2.15. The third kappa shape index (κ3) is 3.06. The minimum Gasteiger partial charge on any atom is -0.397 e. The maximum Gasteiger partial charge on any atom is 0.255 e. The predicted molar refractivity (Wildman–Crippen MR) is 82.1 cm³/mol. The Kier molecular flexibility index (Phi) is 3.89. The average molecular weight is 270 g/mol. The van der Waals surface area contributed by atoms with Gasteiger partial charge in [-0.25, -0.2) is 0 Å². The molecule has 1 heterocycles. The number of nitrogens with two attached hydrogens (primary N) is 1. The number of nitrogen functional groups attached to an aromatic ring is 1. The number of hydrogen-bond donors (Lipinski definition) is 2. The molecular formula is C15H18N4O. The van der Waals surface area contributed by atoms with Crippen LogP contribution in [-0.2, 0) is 0 Å². The van der Waals surface area contributed by atoms with Crippen LogP contribution in [0.2, 0.25) is 0 Å². The number of pyridine rings is 1. The van der Waals surface area contributed by atoms with E-state index in [4.69, 9.17) is 5.73 Å². The smallest absolute Gasteiger partial charge is 0.255 e. The van der Waals surface area contributed by atoms with Gasteiger partial charge in [0.2, 0.25) is 0 Å². The zero-order chi connectivity index (χ0) is 14.7. The highest BCUT2D eigenvalue weighted by Crippen LogP contribution is 2.22. The number of nitrogens with one attached hydrogen (secondary N) is 1. The molecule has 0 aliphatic heterocycles. The molecule has 5 heteroatoms. The molecule has 0 radical (unpaired) electrons. The second-order valence-corrected chi connectivity index (χ2v) is 4.81. The van der Waals surface area contributed by atoms with E-state index in [-0.39, 0.29) is 5.91 Å². The third-order valence-corrected chi connectivity index (χ3v) is 2.94. The number of carbonyl (C=O) groups is 1. The van der Waals surface area contributed by atoms with Gasteiger partial charge in [0.1, 0.15) is 0 Å². The highest BCUT2D eigenvalue weighted by molar-refractivity contribution is 6.05. The molecule has 0 saturated heterocycles. The van der Waals surface area contributed by atoms with Crippen molar-refractivity contribution in [3.8, 4) is 0 Å². The van der Waals surface area contributed by atoms with Gasteiger partial charge < -0.3 is 16.0 Å². The van der Waals surface area contributed by atoms with Gasteiger partial charge >= 0.3 is 0 Å². The standard InChI is InChI=1S/C15H18N4O/c1-10-4-6-12(9-17-10)18-15(20)11-5-7-14(19(2)3)13(16)8-11/h4-9H,16H2,1-3H3,(H,18,20). The molecule has 0 aliphatic rings. The van der Waals surface area contributed by atoms with Crippen LogP contribution in [0.15, 0.2) is 36.5 Å². The fourth-order valence-corrected chi connectivity index (χ4v) is 1.85. The Morgan fingerprint density at radius 2 is 2.00 bits per heavy atom. The number of rotatable bonds is 3. The highest BCUT2D eigenvalue weighted by atomic mass is 16.1. The van der Waals surface area contributed by atoms with Crippen molar-refractivity contribution in [2.75, 3.05) is 30.0 Å². The molecule has 5 nitrogen and oxygen atoms in total. The number of benzene rings is 1. The van der Waals surface area contributed by atoms with Crippen LogP contribution in [0.3, 0.4) is 0 Å². The summed E-state index contributed by atoms with van der Waals surface area (Å²) in [5.74, 6) is -0.201. The van der Waals surface area contributed by atoms with Crippen molar-refractivity contribution in [1.29, 1.82) is 0 Å². The molecule has 0 unspecified atom stereocenters. The Morgan fingerprint density at radius 3 is 2.55 bits per heavy atom. The van der Waals surface area contributed by atoms with Crippen LogP contribution >= 0.6 is 0 Å². The van der Waals surface area contributed by atoms with E-state index < -0.39 is 0 Å². The van der Waals surface area contributed by atoms with Gasteiger partial charge in [0.15, 0.2) is 0 Å². The molecule has 0 spiro atoms. The Morgan fingerprint density at radius 1 is 1.25 bits per heavy atom. The molecule has 0 bridgehead atoms. The van der Waals surface area contributed by atoms with Crippen LogP contribution in [0.4, 0.5) is 17.1 Å². The molecule has 1 aromatic heterocycles. The first-order valence-electron chi connectivity index (χ1n) is 6.28. The van der Waals surface area contributed by atoms with Gasteiger partial charge in [0.05, 0.1) is 23.3 Å². The zero-order valence-corrected chi connectivity index (χ0v) is 11.8. The lowest BCUT2D eigenvalue weighted by Crippen LogP contribution is -2.15. The number of carbonyl (C=O) groups excluding carboxylic acids is 1. The van der Waals surface area contributed by atoms with Gasteiger partial charge in [-0.05, 0) is 37.3 Å². The van der Waals surface area contributed by atoms with Crippen molar-refractivity contribution in [3.05, 3.63) is 47.8 Å². The molecule has 2 rings (SSSR count). The number of nitrogens with zero attached hydrogens (tertiary/aromatic N) is 2. The van der Waals surface area contributed by atoms with Crippen molar-refractivity contribution in [3.63, 3.8) is 0 Å². The average Bonchev–Trinajstić information content (AvgIpc) is 2.40. The lowest BCUT2D eigenvalue weighted by atomic mass is 10.1. The first-order valence-corrected chi connectivity index (χ1v) is 6.28. The normalized spacial score (nSPS) is 10.2. The summed E-state index contributed by atoms with van der Waals surface area (Å²) >= 11 is 0. The molecule has 104 valence electrons. The molecule has 0 fully saturated rings. The third-order valence-electron chi connectivity index (χ3n) is 2.94. The fourth-order valence-electron chi connectivity index (χ4n) is 1.85. The summed E-state index contributed by atoms with van der Waals surface area (Å²) in [7, 11) is 3.81. The molecule has 0 atom stereocenters. The van der Waals surface area contributed by atoms with E-state index in [1.807, 2.05) is 44.1 Å². The lowest BCUT2D eigenvalue weighted by molar-refractivity contribution is 0.102. The zero-order valence-electron chi connectivity index (χ0n) is 11.8. The summed E-state index contributed by atoms with van der Waals surface area (Å²) in [4.78, 5) is 18.2. The predicted octanol–water partition coefficient (Wildman–Crippen LogP) is 2.29. The second-order valence-electron chi connectivity index (χ2n) is 4.81. The van der Waals surface area contributed by atoms with Crippen LogP contribution in [-0.4, -0.2) is 25.0 Å². The number of anilines is 3. The summed E-state index contributed by atoms with van der Waals surface area (Å²) in [5.41, 5.74) is 9.49. The topological polar surface area (TPSA) is 71.2 Å². The molecular weight excluding hydrogens is 252 g/mol. The Hall–Kier alpha value is -2.56. The minimum atomic E-state index is -0.201. The summed E-state index contributed by atoms with van der Waals surface area (Å²) in [6.07, 6.45) is 1.63. The van der Waals surface area contributed by atoms with Crippen LogP contribution in [0.25, 0.3) is 0 Å². The Bertz CT molecular complexity index is 620. The van der Waals surface area contributed by atoms with Crippen molar-refractivity contribution in [2.24, 2.45) is 0 Å². The van der Waals surface area contributed by atoms with Crippen LogP contribution in [0, 0.1) is 6.92 Å². The van der Waals surface area contributed by atoms with Gasteiger partial charge in [0, 0.05) is 25.4 Å². The van der Waals surface area contributed by atoms with E-state index in [0.717, 1.165) is 11.4 Å². The SMILES string of the molecule is Cc1ccc(NC(=O)c2ccc(N(C)C)c(N)c2)cn1. The number of aryl methyl sites for hydroxylation is 1. The quantitative estimate of drug-likeness (QED) is 0.839. The van der Waals surface area contributed by atoms with E-state index in [1.54, 1.807) is 18.3 Å². The number of hydrogen-bond acceptors (Lipinski definition) is 4. The molecule has 1 amide bonds. The molecule has 1 aromatic carbocycles. The highest BCUT2D eigenvalue weighted by Gasteiger charge is 2.09. The van der Waals surface area contributed by atoms with Crippen molar-refractivity contribution in [1.82, 2.24) is 4.98 Å². The van der Waals surface area contributed by atoms with E-state index in [1.165, 1.54) is 0 Å². The van der Waals surface area contributed by atoms with E-state index in [0.29, 0.717) is 16.9 Å². The van der Waals surface area contributed by atoms with Crippen LogP contribution in [0.5, 0.6) is 0 Å². The summed E-state index contributed by atoms with van der Waals surface area (Å²) in [6.45, 7) is 1.90. The van der Waals surface area contributed by atoms with Crippen molar-refractivity contribution in [2.45, 2.75) is 6.92 Å². The largest absolute Gasteiger partial charge is 0.397 e. The second kappa shape index (κ2) is 5.61. The fraction of sp³-hybridized carbons (Fsp3) is 0.200. The molecule has 0 aliphatic carbocycles. The van der Waals surface area contributed by atoms with Crippen molar-refractivity contribution >= 4 is 23.0 Å². The van der Waals surface area contributed by atoms with Gasteiger partial charge in [-0.2, -0.15) is 0 Å². The van der Waals surface area contributed by atoms with Gasteiger partial charge in [0.25, 0.3) is 5.91 Å². The molecule has 2 aromatic rings. The van der Waals surface area contributed by atoms with E-state index in [9.17, 15) is 4.79 Å². The van der Waals surface area contributed by atoms with Gasteiger partial charge in [-0.15, -0.1) is 0 Å². The first kappa shape index (κ1) is 13.9. The van der Waals surface area contributed by atoms with Gasteiger partial charge in [-0.3, -0.25) is 9.78 Å². The van der Waals surface area contributed by atoms with E-state index >= 15 is 0 Å². The van der Waals surface area contributed by atoms with Crippen LogP contribution < -0.4 is 16.0 Å². The minimum absolute atomic E-state index is 0.201. The molecule has 0 saturated carbocycles. The first-order chi connectivity index (χ1) is 9.47. The number of aromatic nitrogens is 1. The summed E-state index contributed by atoms with van der Waals surface area (Å²) < 4.78 is 0. The van der Waals surface area contributed by atoms with Crippen molar-refractivity contribution < 1.29 is 4.79 Å². The van der Waals surface area contributed by atoms with E-state index in [2.05, 4.69) is 10.3 Å². The maximum atomic E-state index is 12.1. The maximum absolute atomic E-state index is 12.1.